The summed E-state index contributed by atoms with van der Waals surface area (Å²) in [4.78, 5) is 13.2. The van der Waals surface area contributed by atoms with Crippen molar-refractivity contribution in [2.45, 2.75) is 56.4 Å². The van der Waals surface area contributed by atoms with Gasteiger partial charge in [-0.15, -0.1) is 17.5 Å². The Hall–Kier alpha value is -1.96. The SMILES string of the molecule is Cl.NC1CCC(c2nc(C3CCOCC3)nn2-c2nc3ccccc3[nH]2)CC1. The highest BCUT2D eigenvalue weighted by Gasteiger charge is 2.29. The number of rotatable bonds is 3. The maximum absolute atomic E-state index is 6.12. The van der Waals surface area contributed by atoms with Crippen LogP contribution < -0.4 is 5.73 Å². The van der Waals surface area contributed by atoms with Crippen LogP contribution in [0.5, 0.6) is 0 Å². The Labute approximate surface area is 170 Å². The maximum atomic E-state index is 6.12. The van der Waals surface area contributed by atoms with Crippen LogP contribution in [0.1, 0.15) is 62.0 Å². The zero-order chi connectivity index (χ0) is 18.2. The third-order valence-corrected chi connectivity index (χ3v) is 5.95. The topological polar surface area (TPSA) is 94.6 Å². The van der Waals surface area contributed by atoms with Crippen LogP contribution in [0, 0.1) is 0 Å². The fourth-order valence-electron chi connectivity index (χ4n) is 4.31. The molecule has 0 radical (unpaired) electrons. The van der Waals surface area contributed by atoms with Gasteiger partial charge < -0.3 is 15.5 Å². The molecule has 28 heavy (non-hydrogen) atoms. The van der Waals surface area contributed by atoms with E-state index in [0.717, 1.165) is 80.4 Å². The Bertz CT molecular complexity index is 891. The Morgan fingerprint density at radius 3 is 2.46 bits per heavy atom. The first-order valence-corrected chi connectivity index (χ1v) is 10.0. The maximum Gasteiger partial charge on any atom is 0.230 e. The van der Waals surface area contributed by atoms with Gasteiger partial charge in [0.15, 0.2) is 5.82 Å². The molecule has 0 amide bonds. The summed E-state index contributed by atoms with van der Waals surface area (Å²) < 4.78 is 7.47. The fraction of sp³-hybridized carbons (Fsp3) is 0.550. The molecule has 1 saturated carbocycles. The van der Waals surface area contributed by atoms with Gasteiger partial charge in [0.25, 0.3) is 0 Å². The molecule has 0 bridgehead atoms. The van der Waals surface area contributed by atoms with E-state index >= 15 is 0 Å². The van der Waals surface area contributed by atoms with Gasteiger partial charge in [0.05, 0.1) is 11.0 Å². The quantitative estimate of drug-likeness (QED) is 0.699. The first kappa shape index (κ1) is 19.4. The molecular weight excluding hydrogens is 376 g/mol. The minimum atomic E-state index is 0. The van der Waals surface area contributed by atoms with E-state index in [0.29, 0.717) is 17.9 Å². The molecule has 0 spiro atoms. The Kier molecular flexibility index (Phi) is 5.66. The minimum Gasteiger partial charge on any atom is -0.381 e. The average molecular weight is 403 g/mol. The summed E-state index contributed by atoms with van der Waals surface area (Å²) in [5.41, 5.74) is 8.09. The van der Waals surface area contributed by atoms with E-state index in [1.54, 1.807) is 0 Å². The van der Waals surface area contributed by atoms with Gasteiger partial charge >= 0.3 is 0 Å². The van der Waals surface area contributed by atoms with Crippen LogP contribution >= 0.6 is 12.4 Å². The van der Waals surface area contributed by atoms with Crippen molar-refractivity contribution in [3.63, 3.8) is 0 Å². The number of hydrogen-bond donors (Lipinski definition) is 2. The van der Waals surface area contributed by atoms with Crippen LogP contribution in [-0.4, -0.2) is 44.0 Å². The highest BCUT2D eigenvalue weighted by molar-refractivity contribution is 5.85. The van der Waals surface area contributed by atoms with Crippen molar-refractivity contribution >= 4 is 23.4 Å². The number of halogens is 1. The predicted octanol–water partition coefficient (Wildman–Crippen LogP) is 3.44. The van der Waals surface area contributed by atoms with Crippen LogP contribution in [0.4, 0.5) is 0 Å². The van der Waals surface area contributed by atoms with E-state index in [-0.39, 0.29) is 12.4 Å². The summed E-state index contributed by atoms with van der Waals surface area (Å²) in [5.74, 6) is 3.48. The van der Waals surface area contributed by atoms with Gasteiger partial charge in [0.1, 0.15) is 5.82 Å². The second kappa shape index (κ2) is 8.19. The minimum absolute atomic E-state index is 0. The Morgan fingerprint density at radius 1 is 0.964 bits per heavy atom. The summed E-state index contributed by atoms with van der Waals surface area (Å²) in [5, 5.41) is 4.92. The van der Waals surface area contributed by atoms with Crippen molar-refractivity contribution in [2.75, 3.05) is 13.2 Å². The van der Waals surface area contributed by atoms with E-state index in [4.69, 9.17) is 25.5 Å². The number of para-hydroxylation sites is 2. The Morgan fingerprint density at radius 2 is 1.71 bits per heavy atom. The molecule has 1 aliphatic heterocycles. The molecule has 3 aromatic rings. The number of imidazole rings is 1. The van der Waals surface area contributed by atoms with Crippen LogP contribution in [0.25, 0.3) is 17.0 Å². The smallest absolute Gasteiger partial charge is 0.230 e. The zero-order valence-electron chi connectivity index (χ0n) is 15.9. The molecule has 1 saturated heterocycles. The molecule has 0 unspecified atom stereocenters. The summed E-state index contributed by atoms with van der Waals surface area (Å²) in [7, 11) is 0. The van der Waals surface area contributed by atoms with Crippen molar-refractivity contribution in [2.24, 2.45) is 5.73 Å². The average Bonchev–Trinajstić information content (AvgIpc) is 3.33. The van der Waals surface area contributed by atoms with E-state index in [2.05, 4.69) is 4.98 Å². The number of ether oxygens (including phenoxy) is 1. The lowest BCUT2D eigenvalue weighted by Gasteiger charge is -2.25. The molecule has 2 fully saturated rings. The molecule has 3 heterocycles. The molecule has 1 aromatic carbocycles. The molecule has 1 aliphatic carbocycles. The second-order valence-corrected chi connectivity index (χ2v) is 7.82. The van der Waals surface area contributed by atoms with Gasteiger partial charge in [-0.2, -0.15) is 4.68 Å². The second-order valence-electron chi connectivity index (χ2n) is 7.82. The van der Waals surface area contributed by atoms with Crippen molar-refractivity contribution in [1.82, 2.24) is 24.7 Å². The zero-order valence-corrected chi connectivity index (χ0v) is 16.7. The van der Waals surface area contributed by atoms with Crippen molar-refractivity contribution in [3.05, 3.63) is 35.9 Å². The van der Waals surface area contributed by atoms with E-state index in [1.807, 2.05) is 28.9 Å². The van der Waals surface area contributed by atoms with E-state index < -0.39 is 0 Å². The number of nitrogens with zero attached hydrogens (tertiary/aromatic N) is 4. The molecule has 2 aliphatic rings. The molecule has 0 atom stereocenters. The van der Waals surface area contributed by atoms with Gasteiger partial charge in [-0.3, -0.25) is 0 Å². The summed E-state index contributed by atoms with van der Waals surface area (Å²) in [6, 6.07) is 8.40. The number of H-pyrrole nitrogens is 1. The third kappa shape index (κ3) is 3.66. The number of aromatic amines is 1. The lowest BCUT2D eigenvalue weighted by molar-refractivity contribution is 0.0836. The molecule has 7 nitrogen and oxygen atoms in total. The van der Waals surface area contributed by atoms with Crippen molar-refractivity contribution < 1.29 is 4.74 Å². The van der Waals surface area contributed by atoms with Crippen LogP contribution in [-0.2, 0) is 4.74 Å². The number of aromatic nitrogens is 5. The first-order chi connectivity index (χ1) is 13.3. The summed E-state index contributed by atoms with van der Waals surface area (Å²) >= 11 is 0. The Balaban J connectivity index is 0.00000192. The summed E-state index contributed by atoms with van der Waals surface area (Å²) in [6.45, 7) is 1.58. The van der Waals surface area contributed by atoms with Crippen LogP contribution in [0.15, 0.2) is 24.3 Å². The number of nitrogens with two attached hydrogens (primary N) is 1. The first-order valence-electron chi connectivity index (χ1n) is 10.0. The predicted molar refractivity (Wildman–Crippen MR) is 110 cm³/mol. The number of nitrogens with one attached hydrogen (secondary N) is 1. The van der Waals surface area contributed by atoms with E-state index in [1.165, 1.54) is 0 Å². The monoisotopic (exact) mass is 402 g/mol. The van der Waals surface area contributed by atoms with Crippen molar-refractivity contribution in [3.8, 4) is 5.95 Å². The van der Waals surface area contributed by atoms with Gasteiger partial charge in [-0.05, 0) is 50.7 Å². The highest BCUT2D eigenvalue weighted by atomic mass is 35.5. The molecule has 8 heteroatoms. The standard InChI is InChI=1S/C20H26N6O.ClH/c21-15-7-5-14(6-8-15)19-24-18(13-9-11-27-12-10-13)25-26(19)20-22-16-3-1-2-4-17(16)23-20;/h1-4,13-15H,5-12,21H2,(H,22,23);1H. The number of benzene rings is 1. The lowest BCUT2D eigenvalue weighted by atomic mass is 9.86. The largest absolute Gasteiger partial charge is 0.381 e. The highest BCUT2D eigenvalue weighted by Crippen LogP contribution is 2.34. The van der Waals surface area contributed by atoms with Crippen LogP contribution in [0.3, 0.4) is 0 Å². The van der Waals surface area contributed by atoms with Gasteiger partial charge in [0, 0.05) is 31.1 Å². The molecular formula is C20H27ClN6O. The molecule has 5 rings (SSSR count). The molecule has 150 valence electrons. The lowest BCUT2D eigenvalue weighted by Crippen LogP contribution is -2.27. The summed E-state index contributed by atoms with van der Waals surface area (Å²) in [6.07, 6.45) is 6.19. The van der Waals surface area contributed by atoms with Gasteiger partial charge in [-0.1, -0.05) is 12.1 Å². The van der Waals surface area contributed by atoms with Gasteiger partial charge in [-0.25, -0.2) is 9.97 Å². The van der Waals surface area contributed by atoms with E-state index in [9.17, 15) is 0 Å². The molecule has 3 N–H and O–H groups in total. The normalized spacial score (nSPS) is 23.6. The van der Waals surface area contributed by atoms with Gasteiger partial charge in [0.2, 0.25) is 5.95 Å². The number of fused-ring (bicyclic) bond motifs is 1. The van der Waals surface area contributed by atoms with Crippen molar-refractivity contribution in [1.29, 1.82) is 0 Å². The fourth-order valence-corrected chi connectivity index (χ4v) is 4.31. The van der Waals surface area contributed by atoms with Crippen LogP contribution in [0.2, 0.25) is 0 Å². The third-order valence-electron chi connectivity index (χ3n) is 5.95. The number of hydrogen-bond acceptors (Lipinski definition) is 5. The molecule has 2 aromatic heterocycles.